The second-order valence-electron chi connectivity index (χ2n) is 6.56. The second kappa shape index (κ2) is 13.4. The molecule has 0 atom stereocenters. The summed E-state index contributed by atoms with van der Waals surface area (Å²) in [6.07, 6.45) is 0.160. The number of hydrogen-bond donors (Lipinski definition) is 1. The first-order valence-electron chi connectivity index (χ1n) is 10.1. The molecule has 8 heteroatoms. The lowest BCUT2D eigenvalue weighted by atomic mass is 10.2. The lowest BCUT2D eigenvalue weighted by Gasteiger charge is -2.25. The quantitative estimate of drug-likeness (QED) is 0.324. The normalized spacial score (nSPS) is 10.3. The Bertz CT molecular complexity index is 860. The fourth-order valence-corrected chi connectivity index (χ4v) is 3.02. The molecule has 1 amide bonds. The van der Waals surface area contributed by atoms with Crippen LogP contribution in [0.15, 0.2) is 54.6 Å². The van der Waals surface area contributed by atoms with Crippen LogP contribution in [0.4, 0.5) is 0 Å². The van der Waals surface area contributed by atoms with Crippen molar-refractivity contribution in [2.45, 2.75) is 19.9 Å². The van der Waals surface area contributed by atoms with Crippen molar-refractivity contribution in [3.8, 4) is 5.75 Å². The van der Waals surface area contributed by atoms with Gasteiger partial charge in [0.1, 0.15) is 12.4 Å². The molecule has 0 aliphatic carbocycles. The Morgan fingerprint density at radius 3 is 2.45 bits per heavy atom. The molecule has 0 aromatic heterocycles. The van der Waals surface area contributed by atoms with Crippen LogP contribution in [0, 0.1) is 0 Å². The average Bonchev–Trinajstić information content (AvgIpc) is 2.78. The number of benzene rings is 2. The van der Waals surface area contributed by atoms with Gasteiger partial charge in [0.25, 0.3) is 5.91 Å². The molecule has 0 unspecified atom stereocenters. The van der Waals surface area contributed by atoms with E-state index in [1.165, 1.54) is 0 Å². The average molecular weight is 445 g/mol. The maximum absolute atomic E-state index is 12.9. The van der Waals surface area contributed by atoms with E-state index >= 15 is 0 Å². The lowest BCUT2D eigenvalue weighted by molar-refractivity contribution is -0.143. The molecule has 0 radical (unpaired) electrons. The van der Waals surface area contributed by atoms with Crippen molar-refractivity contribution in [1.29, 1.82) is 0 Å². The van der Waals surface area contributed by atoms with Crippen molar-refractivity contribution < 1.29 is 23.8 Å². The topological polar surface area (TPSA) is 77.1 Å². The zero-order valence-corrected chi connectivity index (χ0v) is 18.7. The van der Waals surface area contributed by atoms with Gasteiger partial charge < -0.3 is 19.1 Å². The number of carbonyl (C=O) groups excluding carboxylic acids is 2. The first kappa shape index (κ1) is 24.3. The number of esters is 1. The molecule has 0 bridgehead atoms. The molecular weight excluding hydrogens is 416 g/mol. The number of nitrogens with zero attached hydrogens (tertiary/aromatic N) is 1. The van der Waals surface area contributed by atoms with Gasteiger partial charge in [-0.1, -0.05) is 42.5 Å². The molecule has 7 nitrogen and oxygen atoms in total. The third-order valence-corrected chi connectivity index (χ3v) is 4.65. The lowest BCUT2D eigenvalue weighted by Crippen LogP contribution is -2.43. The minimum atomic E-state index is -0.382. The standard InChI is InChI=1S/C23H28N2O5S/c1-3-29-21(26)13-14-25(17-18-9-5-4-6-10-18)23(31)24-22(27)19-11-7-8-12-20(19)30-16-15-28-2/h4-12H,3,13-17H2,1-2H3,(H,24,27,31). The number of nitrogens with one attached hydrogen (secondary N) is 1. The van der Waals surface area contributed by atoms with E-state index in [9.17, 15) is 9.59 Å². The molecule has 0 spiro atoms. The van der Waals surface area contributed by atoms with Gasteiger partial charge in [-0.3, -0.25) is 14.9 Å². The van der Waals surface area contributed by atoms with Gasteiger partial charge in [-0.25, -0.2) is 0 Å². The Morgan fingerprint density at radius 2 is 1.74 bits per heavy atom. The zero-order chi connectivity index (χ0) is 22.5. The predicted molar refractivity (Wildman–Crippen MR) is 122 cm³/mol. The third-order valence-electron chi connectivity index (χ3n) is 4.29. The van der Waals surface area contributed by atoms with Crippen LogP contribution >= 0.6 is 12.2 Å². The van der Waals surface area contributed by atoms with Crippen LogP contribution in [0.5, 0.6) is 5.75 Å². The van der Waals surface area contributed by atoms with Gasteiger partial charge in [0.15, 0.2) is 5.11 Å². The summed E-state index contributed by atoms with van der Waals surface area (Å²) < 4.78 is 15.6. The second-order valence-corrected chi connectivity index (χ2v) is 6.95. The number of hydrogen-bond acceptors (Lipinski definition) is 6. The largest absolute Gasteiger partial charge is 0.490 e. The first-order chi connectivity index (χ1) is 15.0. The van der Waals surface area contributed by atoms with Crippen LogP contribution in [-0.2, 0) is 20.8 Å². The summed E-state index contributed by atoms with van der Waals surface area (Å²) in [6.45, 7) is 3.58. The molecule has 1 N–H and O–H groups in total. The Balaban J connectivity index is 2.09. The number of thiocarbonyl (C=S) groups is 1. The SMILES string of the molecule is CCOC(=O)CCN(Cc1ccccc1)C(=S)NC(=O)c1ccccc1OCCOC. The Hall–Kier alpha value is -2.97. The maximum atomic E-state index is 12.9. The highest BCUT2D eigenvalue weighted by atomic mass is 32.1. The van der Waals surface area contributed by atoms with Crippen LogP contribution < -0.4 is 10.1 Å². The number of methoxy groups -OCH3 is 1. The van der Waals surface area contributed by atoms with Crippen LogP contribution in [-0.4, -0.2) is 55.4 Å². The van der Waals surface area contributed by atoms with E-state index in [0.717, 1.165) is 5.56 Å². The monoisotopic (exact) mass is 444 g/mol. The molecule has 0 heterocycles. The van der Waals surface area contributed by atoms with E-state index in [-0.39, 0.29) is 23.4 Å². The molecule has 0 fully saturated rings. The summed E-state index contributed by atoms with van der Waals surface area (Å²) in [4.78, 5) is 26.5. The first-order valence-corrected chi connectivity index (χ1v) is 10.5. The van der Waals surface area contributed by atoms with E-state index in [2.05, 4.69) is 5.32 Å². The van der Waals surface area contributed by atoms with Gasteiger partial charge in [0.2, 0.25) is 0 Å². The van der Waals surface area contributed by atoms with Gasteiger partial charge in [0.05, 0.1) is 25.2 Å². The fourth-order valence-electron chi connectivity index (χ4n) is 2.77. The Morgan fingerprint density at radius 1 is 1.03 bits per heavy atom. The maximum Gasteiger partial charge on any atom is 0.307 e. The van der Waals surface area contributed by atoms with E-state index in [1.807, 2.05) is 30.3 Å². The van der Waals surface area contributed by atoms with Crippen LogP contribution in [0.3, 0.4) is 0 Å². The number of rotatable bonds is 11. The molecule has 31 heavy (non-hydrogen) atoms. The van der Waals surface area contributed by atoms with Gasteiger partial charge in [-0.15, -0.1) is 0 Å². The van der Waals surface area contributed by atoms with Crippen LogP contribution in [0.25, 0.3) is 0 Å². The zero-order valence-electron chi connectivity index (χ0n) is 17.8. The summed E-state index contributed by atoms with van der Waals surface area (Å²) in [6, 6.07) is 16.6. The molecule has 0 saturated carbocycles. The third kappa shape index (κ3) is 8.35. The van der Waals surface area contributed by atoms with Crippen molar-refractivity contribution in [2.24, 2.45) is 0 Å². The van der Waals surface area contributed by atoms with Crippen molar-refractivity contribution in [3.05, 3.63) is 65.7 Å². The van der Waals surface area contributed by atoms with Crippen LogP contribution in [0.1, 0.15) is 29.3 Å². The predicted octanol–water partition coefficient (Wildman–Crippen LogP) is 3.18. The highest BCUT2D eigenvalue weighted by molar-refractivity contribution is 7.80. The fraction of sp³-hybridized carbons (Fsp3) is 0.348. The molecule has 166 valence electrons. The van der Waals surface area contributed by atoms with E-state index in [4.69, 9.17) is 26.4 Å². The highest BCUT2D eigenvalue weighted by Gasteiger charge is 2.18. The molecule has 0 saturated heterocycles. The van der Waals surface area contributed by atoms with Gasteiger partial charge in [-0.2, -0.15) is 0 Å². The number of ether oxygens (including phenoxy) is 3. The smallest absolute Gasteiger partial charge is 0.307 e. The van der Waals surface area contributed by atoms with E-state index in [1.54, 1.807) is 43.2 Å². The van der Waals surface area contributed by atoms with Crippen molar-refractivity contribution >= 4 is 29.2 Å². The number of para-hydroxylation sites is 1. The van der Waals surface area contributed by atoms with E-state index in [0.29, 0.717) is 44.2 Å². The van der Waals surface area contributed by atoms with Crippen molar-refractivity contribution in [2.75, 3.05) is 33.5 Å². The van der Waals surface area contributed by atoms with Crippen molar-refractivity contribution in [3.63, 3.8) is 0 Å². The summed E-state index contributed by atoms with van der Waals surface area (Å²) in [5.41, 5.74) is 1.37. The molecule has 0 aliphatic heterocycles. The van der Waals surface area contributed by atoms with Gasteiger partial charge >= 0.3 is 5.97 Å². The number of carbonyl (C=O) groups is 2. The molecule has 2 aromatic rings. The van der Waals surface area contributed by atoms with Gasteiger partial charge in [-0.05, 0) is 36.8 Å². The molecule has 0 aliphatic rings. The van der Waals surface area contributed by atoms with Crippen LogP contribution in [0.2, 0.25) is 0 Å². The molecule has 2 aromatic carbocycles. The molecular formula is C23H28N2O5S. The van der Waals surface area contributed by atoms with E-state index < -0.39 is 0 Å². The highest BCUT2D eigenvalue weighted by Crippen LogP contribution is 2.18. The summed E-state index contributed by atoms with van der Waals surface area (Å²) in [7, 11) is 1.58. The number of amides is 1. The van der Waals surface area contributed by atoms with Crippen molar-refractivity contribution in [1.82, 2.24) is 10.2 Å². The summed E-state index contributed by atoms with van der Waals surface area (Å²) in [5.74, 6) is -0.250. The Kier molecular flexibility index (Phi) is 10.5. The molecule has 2 rings (SSSR count). The van der Waals surface area contributed by atoms with Gasteiger partial charge in [0, 0.05) is 20.2 Å². The summed E-state index contributed by atoms with van der Waals surface area (Å²) in [5, 5.41) is 2.98. The summed E-state index contributed by atoms with van der Waals surface area (Å²) >= 11 is 5.50. The Labute approximate surface area is 188 Å². The minimum Gasteiger partial charge on any atom is -0.490 e. The minimum absolute atomic E-state index is 0.160.